The number of ether oxygens (including phenoxy) is 1. The fraction of sp³-hybridized carbons (Fsp3) is 0.400. The van der Waals surface area contributed by atoms with Crippen LogP contribution in [-0.4, -0.2) is 30.0 Å². The number of nitrogens with one attached hydrogen (secondary N) is 1. The molecule has 0 amide bonds. The fourth-order valence-corrected chi connectivity index (χ4v) is 2.44. The number of halogens is 2. The molecule has 0 saturated heterocycles. The van der Waals surface area contributed by atoms with Gasteiger partial charge in [0.1, 0.15) is 0 Å². The van der Waals surface area contributed by atoms with E-state index in [1.54, 1.807) is 13.2 Å². The van der Waals surface area contributed by atoms with E-state index in [1.165, 1.54) is 5.56 Å². The first-order chi connectivity index (χ1) is 10.1. The van der Waals surface area contributed by atoms with E-state index in [4.69, 9.17) is 27.9 Å². The van der Waals surface area contributed by atoms with Crippen molar-refractivity contribution in [3.63, 3.8) is 0 Å². The smallest absolute Gasteiger partial charge is 0.0674 e. The highest BCUT2D eigenvalue weighted by molar-refractivity contribution is 6.42. The second kappa shape index (κ2) is 7.80. The van der Waals surface area contributed by atoms with Crippen LogP contribution in [0, 0.1) is 6.92 Å². The van der Waals surface area contributed by atoms with E-state index in [1.807, 2.05) is 29.9 Å². The molecule has 0 radical (unpaired) electrons. The second-order valence-corrected chi connectivity index (χ2v) is 5.61. The van der Waals surface area contributed by atoms with Gasteiger partial charge in [-0.3, -0.25) is 4.68 Å². The van der Waals surface area contributed by atoms with Crippen molar-refractivity contribution in [3.8, 4) is 0 Å². The van der Waals surface area contributed by atoms with Crippen molar-refractivity contribution in [2.75, 3.05) is 20.3 Å². The Kier molecular flexibility index (Phi) is 6.06. The third-order valence-electron chi connectivity index (χ3n) is 3.21. The summed E-state index contributed by atoms with van der Waals surface area (Å²) >= 11 is 12.2. The molecule has 0 spiro atoms. The van der Waals surface area contributed by atoms with Crippen molar-refractivity contribution in [2.24, 2.45) is 0 Å². The number of rotatable bonds is 7. The third-order valence-corrected chi connectivity index (χ3v) is 4.07. The van der Waals surface area contributed by atoms with Crippen molar-refractivity contribution in [1.82, 2.24) is 15.1 Å². The molecule has 21 heavy (non-hydrogen) atoms. The number of benzene rings is 1. The lowest BCUT2D eigenvalue weighted by atomic mass is 10.2. The normalized spacial score (nSPS) is 11.0. The molecule has 6 heteroatoms. The van der Waals surface area contributed by atoms with E-state index in [2.05, 4.69) is 10.4 Å². The molecule has 2 aromatic rings. The second-order valence-electron chi connectivity index (χ2n) is 4.82. The SMILES string of the molecule is COCCNCc1cn(Cc2cccc(Cl)c2Cl)nc1C. The lowest BCUT2D eigenvalue weighted by molar-refractivity contribution is 0.199. The maximum atomic E-state index is 6.21. The van der Waals surface area contributed by atoms with Gasteiger partial charge in [-0.05, 0) is 18.6 Å². The summed E-state index contributed by atoms with van der Waals surface area (Å²) < 4.78 is 6.90. The molecule has 0 atom stereocenters. The molecule has 0 saturated carbocycles. The molecule has 0 aliphatic heterocycles. The van der Waals surface area contributed by atoms with Crippen molar-refractivity contribution in [2.45, 2.75) is 20.0 Å². The van der Waals surface area contributed by atoms with Crippen LogP contribution in [0.5, 0.6) is 0 Å². The predicted molar refractivity (Wildman–Crippen MR) is 86.1 cm³/mol. The summed E-state index contributed by atoms with van der Waals surface area (Å²) in [7, 11) is 1.69. The van der Waals surface area contributed by atoms with Gasteiger partial charge in [0, 0.05) is 32.0 Å². The summed E-state index contributed by atoms with van der Waals surface area (Å²) in [6, 6.07) is 5.64. The summed E-state index contributed by atoms with van der Waals surface area (Å²) in [6.45, 7) is 4.91. The van der Waals surface area contributed by atoms with Crippen LogP contribution < -0.4 is 5.32 Å². The molecule has 2 rings (SSSR count). The number of aryl methyl sites for hydroxylation is 1. The van der Waals surface area contributed by atoms with E-state index >= 15 is 0 Å². The Balaban J connectivity index is 2.03. The molecular weight excluding hydrogens is 309 g/mol. The Morgan fingerprint density at radius 1 is 1.29 bits per heavy atom. The Labute approximate surface area is 135 Å². The van der Waals surface area contributed by atoms with Crippen LogP contribution in [0.1, 0.15) is 16.8 Å². The van der Waals surface area contributed by atoms with Crippen LogP contribution in [0.25, 0.3) is 0 Å². The minimum atomic E-state index is 0.569. The number of hydrogen-bond acceptors (Lipinski definition) is 3. The highest BCUT2D eigenvalue weighted by atomic mass is 35.5. The quantitative estimate of drug-likeness (QED) is 0.793. The van der Waals surface area contributed by atoms with Gasteiger partial charge in [0.25, 0.3) is 0 Å². The Bertz CT molecular complexity index is 599. The third kappa shape index (κ3) is 4.45. The van der Waals surface area contributed by atoms with Crippen molar-refractivity contribution in [3.05, 3.63) is 51.3 Å². The van der Waals surface area contributed by atoms with Crippen LogP contribution >= 0.6 is 23.2 Å². The largest absolute Gasteiger partial charge is 0.383 e. The molecule has 0 bridgehead atoms. The fourth-order valence-electron chi connectivity index (χ4n) is 2.06. The number of nitrogens with zero attached hydrogens (tertiary/aromatic N) is 2. The van der Waals surface area contributed by atoms with Gasteiger partial charge in [-0.2, -0.15) is 5.10 Å². The number of aromatic nitrogens is 2. The molecule has 0 aliphatic carbocycles. The lowest BCUT2D eigenvalue weighted by Crippen LogP contribution is -2.18. The molecule has 4 nitrogen and oxygen atoms in total. The first kappa shape index (κ1) is 16.3. The summed E-state index contributed by atoms with van der Waals surface area (Å²) in [4.78, 5) is 0. The molecule has 1 N–H and O–H groups in total. The zero-order chi connectivity index (χ0) is 15.2. The molecule has 114 valence electrons. The maximum absolute atomic E-state index is 6.21. The van der Waals surface area contributed by atoms with Crippen molar-refractivity contribution in [1.29, 1.82) is 0 Å². The highest BCUT2D eigenvalue weighted by Gasteiger charge is 2.08. The first-order valence-corrected chi connectivity index (χ1v) is 7.53. The average molecular weight is 328 g/mol. The molecule has 0 fully saturated rings. The standard InChI is InChI=1S/C15H19Cl2N3O/c1-11-13(8-18-6-7-21-2)10-20(19-11)9-12-4-3-5-14(16)15(12)17/h3-5,10,18H,6-9H2,1-2H3. The van der Waals surface area contributed by atoms with Gasteiger partial charge < -0.3 is 10.1 Å². The van der Waals surface area contributed by atoms with E-state index in [0.717, 1.165) is 24.3 Å². The van der Waals surface area contributed by atoms with Crippen LogP contribution in [0.2, 0.25) is 10.0 Å². The highest BCUT2D eigenvalue weighted by Crippen LogP contribution is 2.26. The summed E-state index contributed by atoms with van der Waals surface area (Å²) in [5, 5.41) is 8.99. The van der Waals surface area contributed by atoms with Crippen LogP contribution in [0.3, 0.4) is 0 Å². The van der Waals surface area contributed by atoms with Crippen molar-refractivity contribution >= 4 is 23.2 Å². The Morgan fingerprint density at radius 3 is 2.86 bits per heavy atom. The van der Waals surface area contributed by atoms with Crippen LogP contribution in [-0.2, 0) is 17.8 Å². The number of methoxy groups -OCH3 is 1. The van der Waals surface area contributed by atoms with E-state index in [-0.39, 0.29) is 0 Å². The van der Waals surface area contributed by atoms with E-state index in [9.17, 15) is 0 Å². The zero-order valence-electron chi connectivity index (χ0n) is 12.2. The monoisotopic (exact) mass is 327 g/mol. The van der Waals surface area contributed by atoms with Gasteiger partial charge in [-0.25, -0.2) is 0 Å². The molecule has 0 unspecified atom stereocenters. The van der Waals surface area contributed by atoms with Crippen molar-refractivity contribution < 1.29 is 4.74 Å². The van der Waals surface area contributed by atoms with Crippen LogP contribution in [0.15, 0.2) is 24.4 Å². The van der Waals surface area contributed by atoms with Gasteiger partial charge in [-0.15, -0.1) is 0 Å². The molecular formula is C15H19Cl2N3O. The molecule has 1 heterocycles. The molecule has 1 aromatic carbocycles. The predicted octanol–water partition coefficient (Wildman–Crippen LogP) is 3.28. The number of hydrogen-bond donors (Lipinski definition) is 1. The van der Waals surface area contributed by atoms with Gasteiger partial charge in [0.05, 0.1) is 28.9 Å². The summed E-state index contributed by atoms with van der Waals surface area (Å²) in [5.74, 6) is 0. The lowest BCUT2D eigenvalue weighted by Gasteiger charge is -2.05. The minimum Gasteiger partial charge on any atom is -0.383 e. The maximum Gasteiger partial charge on any atom is 0.0674 e. The van der Waals surface area contributed by atoms with Gasteiger partial charge in [0.2, 0.25) is 0 Å². The minimum absolute atomic E-state index is 0.569. The topological polar surface area (TPSA) is 39.1 Å². The summed E-state index contributed by atoms with van der Waals surface area (Å²) in [5.41, 5.74) is 3.15. The molecule has 0 aliphatic rings. The van der Waals surface area contributed by atoms with E-state index in [0.29, 0.717) is 23.2 Å². The zero-order valence-corrected chi connectivity index (χ0v) is 13.7. The average Bonchev–Trinajstić information content (AvgIpc) is 2.80. The molecule has 1 aromatic heterocycles. The van der Waals surface area contributed by atoms with E-state index < -0.39 is 0 Å². The first-order valence-electron chi connectivity index (χ1n) is 6.77. The van der Waals surface area contributed by atoms with Gasteiger partial charge >= 0.3 is 0 Å². The Morgan fingerprint density at radius 2 is 2.10 bits per heavy atom. The van der Waals surface area contributed by atoms with Gasteiger partial charge in [0.15, 0.2) is 0 Å². The van der Waals surface area contributed by atoms with Gasteiger partial charge in [-0.1, -0.05) is 35.3 Å². The Hall–Kier alpha value is -1.07. The summed E-state index contributed by atoms with van der Waals surface area (Å²) in [6.07, 6.45) is 2.03. The van der Waals surface area contributed by atoms with Crippen LogP contribution in [0.4, 0.5) is 0 Å².